The van der Waals surface area contributed by atoms with Crippen molar-refractivity contribution in [2.75, 3.05) is 0 Å². The summed E-state index contributed by atoms with van der Waals surface area (Å²) in [4.78, 5) is 0. The van der Waals surface area contributed by atoms with E-state index in [1.165, 1.54) is 41.6 Å². The molecule has 0 heterocycles. The summed E-state index contributed by atoms with van der Waals surface area (Å²) < 4.78 is 0. The van der Waals surface area contributed by atoms with Gasteiger partial charge in [-0.2, -0.15) is 0 Å². The van der Waals surface area contributed by atoms with Gasteiger partial charge in [-0.25, -0.2) is 0 Å². The van der Waals surface area contributed by atoms with Crippen LogP contribution in [0.15, 0.2) is 106 Å². The van der Waals surface area contributed by atoms with Crippen LogP contribution >= 0.6 is 0 Å². The van der Waals surface area contributed by atoms with Gasteiger partial charge in [0.05, 0.1) is 0 Å². The average molecular weight is 537 g/mol. The smallest absolute Gasteiger partial charge is 0.0153 e. The highest BCUT2D eigenvalue weighted by Crippen LogP contribution is 2.41. The predicted molar refractivity (Wildman–Crippen MR) is 180 cm³/mol. The first-order chi connectivity index (χ1) is 18.8. The van der Waals surface area contributed by atoms with Gasteiger partial charge in [0, 0.05) is 6.42 Å². The summed E-state index contributed by atoms with van der Waals surface area (Å²) >= 11 is 0. The highest BCUT2D eigenvalue weighted by atomic mass is 14.3. The highest BCUT2D eigenvalue weighted by molar-refractivity contribution is 5.35. The Morgan fingerprint density at radius 3 is 2.40 bits per heavy atom. The monoisotopic (exact) mass is 536 g/mol. The van der Waals surface area contributed by atoms with Crippen molar-refractivity contribution in [1.82, 2.24) is 0 Å². The van der Waals surface area contributed by atoms with Crippen molar-refractivity contribution in [2.45, 2.75) is 114 Å². The van der Waals surface area contributed by atoms with Crippen molar-refractivity contribution in [1.29, 1.82) is 0 Å². The van der Waals surface area contributed by atoms with Gasteiger partial charge in [0.15, 0.2) is 0 Å². The molecule has 0 aromatic carbocycles. The van der Waals surface area contributed by atoms with Crippen molar-refractivity contribution in [2.24, 2.45) is 16.7 Å². The maximum absolute atomic E-state index is 3.37. The zero-order valence-corrected chi connectivity index (χ0v) is 27.4. The lowest BCUT2D eigenvalue weighted by Crippen LogP contribution is -2.19. The van der Waals surface area contributed by atoms with Crippen LogP contribution in [0.25, 0.3) is 0 Å². The topological polar surface area (TPSA) is 0 Å². The predicted octanol–water partition coefficient (Wildman–Crippen LogP) is 12.1. The van der Waals surface area contributed by atoms with Crippen molar-refractivity contribution in [3.8, 4) is 11.8 Å². The van der Waals surface area contributed by atoms with Gasteiger partial charge in [-0.15, -0.1) is 0 Å². The third-order valence-electron chi connectivity index (χ3n) is 8.46. The lowest BCUT2D eigenvalue weighted by molar-refractivity contribution is 0.376. The van der Waals surface area contributed by atoms with Crippen molar-refractivity contribution in [3.05, 3.63) is 106 Å². The van der Waals surface area contributed by atoms with Gasteiger partial charge in [-0.1, -0.05) is 141 Å². The minimum Gasteiger partial charge on any atom is -0.0976 e. The fraction of sp³-hybridized carbons (Fsp3) is 0.500. The first kappa shape index (κ1) is 33.4. The van der Waals surface area contributed by atoms with Crippen LogP contribution in [0.1, 0.15) is 114 Å². The average Bonchev–Trinajstić information content (AvgIpc) is 2.85. The zero-order chi connectivity index (χ0) is 29.8. The summed E-state index contributed by atoms with van der Waals surface area (Å²) in [6.07, 6.45) is 32.5. The zero-order valence-electron chi connectivity index (χ0n) is 27.4. The quantitative estimate of drug-likeness (QED) is 0.192. The molecule has 0 amide bonds. The molecule has 2 aliphatic carbocycles. The van der Waals surface area contributed by atoms with E-state index in [4.69, 9.17) is 0 Å². The molecule has 0 bridgehead atoms. The molecule has 0 fully saturated rings. The van der Waals surface area contributed by atoms with E-state index < -0.39 is 0 Å². The first-order valence-electron chi connectivity index (χ1n) is 15.4. The summed E-state index contributed by atoms with van der Waals surface area (Å²) in [5.41, 5.74) is 10.5. The Morgan fingerprint density at radius 2 is 1.70 bits per heavy atom. The number of allylic oxidation sites excluding steroid dienone is 18. The van der Waals surface area contributed by atoms with E-state index in [1.807, 2.05) is 0 Å². The Labute approximate surface area is 248 Å². The Morgan fingerprint density at radius 1 is 0.975 bits per heavy atom. The highest BCUT2D eigenvalue weighted by Gasteiger charge is 2.27. The van der Waals surface area contributed by atoms with Crippen LogP contribution in [0.2, 0.25) is 0 Å². The molecule has 2 aliphatic rings. The minimum atomic E-state index is 0.290. The van der Waals surface area contributed by atoms with E-state index in [2.05, 4.69) is 148 Å². The van der Waals surface area contributed by atoms with Crippen molar-refractivity contribution in [3.63, 3.8) is 0 Å². The van der Waals surface area contributed by atoms with Crippen LogP contribution in [-0.4, -0.2) is 0 Å². The summed E-state index contributed by atoms with van der Waals surface area (Å²) in [6.45, 7) is 22.8. The second kappa shape index (κ2) is 15.9. The molecule has 2 rings (SSSR count). The third-order valence-corrected chi connectivity index (χ3v) is 8.46. The lowest BCUT2D eigenvalue weighted by atomic mass is 9.72. The Bertz CT molecular complexity index is 1210. The van der Waals surface area contributed by atoms with E-state index in [0.29, 0.717) is 11.3 Å². The normalized spacial score (nSPS) is 21.1. The van der Waals surface area contributed by atoms with Crippen LogP contribution in [0.5, 0.6) is 0 Å². The van der Waals surface area contributed by atoms with Gasteiger partial charge in [0.2, 0.25) is 0 Å². The first-order valence-corrected chi connectivity index (χ1v) is 15.4. The Balaban J connectivity index is 1.81. The SMILES string of the molecule is CC1=C(CC/C(C)=C/C=C/C(C)=C/C=C/C=C(\C)C#CCC(C)/C=C/C2=C(C)CCCC2(C)C)C(C)(C)CC=C1. The summed E-state index contributed by atoms with van der Waals surface area (Å²) in [5, 5.41) is 0. The molecule has 0 saturated heterocycles. The van der Waals surface area contributed by atoms with Gasteiger partial charge >= 0.3 is 0 Å². The molecule has 40 heavy (non-hydrogen) atoms. The molecule has 0 aromatic heterocycles. The molecule has 0 heteroatoms. The lowest BCUT2D eigenvalue weighted by Gasteiger charge is -2.33. The number of hydrogen-bond donors (Lipinski definition) is 0. The van der Waals surface area contributed by atoms with E-state index in [0.717, 1.165) is 31.3 Å². The van der Waals surface area contributed by atoms with Gasteiger partial charge in [-0.05, 0) is 101 Å². The van der Waals surface area contributed by atoms with Crippen LogP contribution in [0.3, 0.4) is 0 Å². The van der Waals surface area contributed by atoms with Gasteiger partial charge in [0.1, 0.15) is 0 Å². The summed E-state index contributed by atoms with van der Waals surface area (Å²) in [5.74, 6) is 7.15. The summed E-state index contributed by atoms with van der Waals surface area (Å²) in [6, 6.07) is 0. The van der Waals surface area contributed by atoms with Crippen LogP contribution in [-0.2, 0) is 0 Å². The molecule has 0 N–H and O–H groups in total. The van der Waals surface area contributed by atoms with Gasteiger partial charge in [0.25, 0.3) is 0 Å². The molecular formula is C40H56. The largest absolute Gasteiger partial charge is 0.0976 e. The van der Waals surface area contributed by atoms with E-state index in [1.54, 1.807) is 11.1 Å². The van der Waals surface area contributed by atoms with Gasteiger partial charge < -0.3 is 0 Å². The molecular weight excluding hydrogens is 480 g/mol. The van der Waals surface area contributed by atoms with Crippen LogP contribution in [0.4, 0.5) is 0 Å². The molecule has 0 saturated carbocycles. The summed E-state index contributed by atoms with van der Waals surface area (Å²) in [7, 11) is 0. The second-order valence-electron chi connectivity index (χ2n) is 13.4. The fourth-order valence-electron chi connectivity index (χ4n) is 5.79. The van der Waals surface area contributed by atoms with Crippen molar-refractivity contribution < 1.29 is 0 Å². The molecule has 216 valence electrons. The molecule has 0 nitrogen and oxygen atoms in total. The number of rotatable bonds is 10. The van der Waals surface area contributed by atoms with E-state index >= 15 is 0 Å². The molecule has 0 spiro atoms. The van der Waals surface area contributed by atoms with E-state index in [9.17, 15) is 0 Å². The minimum absolute atomic E-state index is 0.290. The van der Waals surface area contributed by atoms with E-state index in [-0.39, 0.29) is 5.41 Å². The van der Waals surface area contributed by atoms with Gasteiger partial charge in [-0.3, -0.25) is 0 Å². The maximum Gasteiger partial charge on any atom is 0.0153 e. The molecule has 0 aromatic rings. The van der Waals surface area contributed by atoms with Crippen LogP contribution < -0.4 is 0 Å². The Kier molecular flexibility index (Phi) is 13.3. The molecule has 1 unspecified atom stereocenters. The van der Waals surface area contributed by atoms with Crippen molar-refractivity contribution >= 4 is 0 Å². The molecule has 0 radical (unpaired) electrons. The fourth-order valence-corrected chi connectivity index (χ4v) is 5.79. The molecule has 0 aliphatic heterocycles. The second-order valence-corrected chi connectivity index (χ2v) is 13.4. The molecule has 1 atom stereocenters. The third kappa shape index (κ3) is 11.4. The van der Waals surface area contributed by atoms with Crippen LogP contribution in [0, 0.1) is 28.6 Å². The number of hydrogen-bond acceptors (Lipinski definition) is 0. The standard InChI is InChI=1S/C40H56/c1-31(19-13-21-33(3)25-27-37-35(5)23-15-29-39(37,7)8)17-11-12-18-32(2)20-14-22-34(4)26-28-38-36(6)24-16-30-40(38,9)10/h11-13,15,17-19,21,23,26,28,34H,16,22,24-25,27,29-30H2,1-10H3/b12-11+,19-13+,28-26+,31-17+,32-18+,33-21+. The maximum atomic E-state index is 3.37. The Hall–Kier alpha value is -2.78.